The zero-order valence-electron chi connectivity index (χ0n) is 20.1. The first kappa shape index (κ1) is 25.1. The van der Waals surface area contributed by atoms with Gasteiger partial charge in [0.2, 0.25) is 10.0 Å². The van der Waals surface area contributed by atoms with Crippen LogP contribution in [0, 0.1) is 0 Å². The number of aliphatic imine (C=N–C) groups is 1. The van der Waals surface area contributed by atoms with Crippen molar-refractivity contribution in [3.05, 3.63) is 53.1 Å². The van der Waals surface area contributed by atoms with Crippen LogP contribution in [0.1, 0.15) is 61.1 Å². The highest BCUT2D eigenvalue weighted by atomic mass is 32.2. The zero-order chi connectivity index (χ0) is 25.4. The van der Waals surface area contributed by atoms with E-state index < -0.39 is 22.7 Å². The lowest BCUT2D eigenvalue weighted by atomic mass is 9.74. The van der Waals surface area contributed by atoms with E-state index in [9.17, 15) is 22.3 Å². The van der Waals surface area contributed by atoms with E-state index in [1.165, 1.54) is 17.5 Å². The van der Waals surface area contributed by atoms with Gasteiger partial charge < -0.3 is 14.6 Å². The van der Waals surface area contributed by atoms with Crippen LogP contribution in [0.4, 0.5) is 8.78 Å². The quantitative estimate of drug-likeness (QED) is 0.613. The van der Waals surface area contributed by atoms with Crippen LogP contribution in [-0.2, 0) is 10.0 Å². The summed E-state index contributed by atoms with van der Waals surface area (Å²) in [5.41, 5.74) is 2.52. The van der Waals surface area contributed by atoms with Gasteiger partial charge in [0.15, 0.2) is 11.5 Å². The number of aliphatic hydroxyl groups excluding tert-OH is 1. The fourth-order valence-corrected chi connectivity index (χ4v) is 7.14. The highest BCUT2D eigenvalue weighted by Crippen LogP contribution is 2.45. The number of benzene rings is 2. The molecule has 0 radical (unpaired) electrons. The van der Waals surface area contributed by atoms with Gasteiger partial charge in [-0.2, -0.15) is 13.1 Å². The summed E-state index contributed by atoms with van der Waals surface area (Å²) in [6, 6.07) is 9.72. The first-order valence-corrected chi connectivity index (χ1v) is 13.8. The molecule has 3 atom stereocenters. The molecule has 0 bridgehead atoms. The van der Waals surface area contributed by atoms with E-state index in [-0.39, 0.29) is 28.4 Å². The van der Waals surface area contributed by atoms with Crippen LogP contribution in [0.3, 0.4) is 0 Å². The molecule has 2 aromatic rings. The van der Waals surface area contributed by atoms with E-state index in [0.717, 1.165) is 24.8 Å². The number of halogens is 2. The predicted octanol–water partition coefficient (Wildman–Crippen LogP) is 4.32. The van der Waals surface area contributed by atoms with Crippen LogP contribution in [0.2, 0.25) is 0 Å². The van der Waals surface area contributed by atoms with Gasteiger partial charge in [-0.25, -0.2) is 8.42 Å². The Kier molecular flexibility index (Phi) is 7.02. The molecule has 2 heterocycles. The van der Waals surface area contributed by atoms with Crippen molar-refractivity contribution in [3.63, 3.8) is 0 Å². The van der Waals surface area contributed by atoms with E-state index in [2.05, 4.69) is 0 Å². The maximum Gasteiger partial charge on any atom is 0.387 e. The minimum atomic E-state index is -3.66. The molecule has 0 aromatic heterocycles. The normalized spacial score (nSPS) is 24.6. The average Bonchev–Trinajstić information content (AvgIpc) is 2.88. The largest absolute Gasteiger partial charge is 0.493 e. The summed E-state index contributed by atoms with van der Waals surface area (Å²) >= 11 is 0. The van der Waals surface area contributed by atoms with E-state index in [0.29, 0.717) is 49.2 Å². The number of piperidine rings is 1. The summed E-state index contributed by atoms with van der Waals surface area (Å²) in [6.07, 6.45) is 3.99. The lowest BCUT2D eigenvalue weighted by Crippen LogP contribution is -2.36. The van der Waals surface area contributed by atoms with Crippen molar-refractivity contribution in [2.45, 2.75) is 68.1 Å². The van der Waals surface area contributed by atoms with Crippen LogP contribution in [0.15, 0.2) is 46.3 Å². The smallest absolute Gasteiger partial charge is 0.387 e. The molecule has 10 heteroatoms. The number of sulfonamides is 1. The Hall–Kier alpha value is -2.56. The second-order valence-electron chi connectivity index (χ2n) is 9.58. The monoisotopic (exact) mass is 520 g/mol. The first-order valence-electron chi connectivity index (χ1n) is 12.3. The van der Waals surface area contributed by atoms with Crippen LogP contribution in [0.25, 0.3) is 0 Å². The van der Waals surface area contributed by atoms with Crippen molar-refractivity contribution in [2.75, 3.05) is 20.2 Å². The van der Waals surface area contributed by atoms with Gasteiger partial charge >= 0.3 is 6.61 Å². The van der Waals surface area contributed by atoms with Crippen LogP contribution in [-0.4, -0.2) is 62.5 Å². The fourth-order valence-electron chi connectivity index (χ4n) is 5.58. The number of hydrogen-bond acceptors (Lipinski definition) is 6. The standard InChI is InChI=1S/C26H30F2N2O5S/c1-34-23-14-19-20-13-17(31)8-9-22(20)29-25(21(19)15-24(23)35-26(27)28)16-6-5-7-18(12-16)36(32,33)30-10-3-2-4-11-30/h5-7,12,14-15,17,20,22,26,31H,2-4,8-11,13H2,1H3. The summed E-state index contributed by atoms with van der Waals surface area (Å²) in [5, 5.41) is 10.3. The summed E-state index contributed by atoms with van der Waals surface area (Å²) in [7, 11) is -2.28. The average molecular weight is 521 g/mol. The first-order chi connectivity index (χ1) is 17.3. The minimum Gasteiger partial charge on any atom is -0.493 e. The number of alkyl halides is 2. The molecule has 7 nitrogen and oxygen atoms in total. The Morgan fingerprint density at radius 3 is 2.58 bits per heavy atom. The molecule has 3 unspecified atom stereocenters. The Bertz CT molecular complexity index is 1260. The molecular weight excluding hydrogens is 490 g/mol. The van der Waals surface area contributed by atoms with Crippen molar-refractivity contribution < 1.29 is 31.8 Å². The zero-order valence-corrected chi connectivity index (χ0v) is 20.9. The Morgan fingerprint density at radius 2 is 1.86 bits per heavy atom. The third kappa shape index (κ3) is 4.73. The van der Waals surface area contributed by atoms with Gasteiger partial charge in [0.25, 0.3) is 0 Å². The number of methoxy groups -OCH3 is 1. The van der Waals surface area contributed by atoms with Crippen LogP contribution in [0.5, 0.6) is 11.5 Å². The second kappa shape index (κ2) is 10.1. The lowest BCUT2D eigenvalue weighted by Gasteiger charge is -2.37. The van der Waals surface area contributed by atoms with E-state index >= 15 is 0 Å². The van der Waals surface area contributed by atoms with E-state index in [1.807, 2.05) is 0 Å². The van der Waals surface area contributed by atoms with Gasteiger partial charge in [0.05, 0.1) is 29.9 Å². The summed E-state index contributed by atoms with van der Waals surface area (Å²) in [5.74, 6) is -0.0522. The molecule has 0 amide bonds. The molecule has 2 aliphatic heterocycles. The second-order valence-corrected chi connectivity index (χ2v) is 11.5. The third-order valence-corrected chi connectivity index (χ3v) is 9.24. The number of hydrogen-bond donors (Lipinski definition) is 1. The summed E-state index contributed by atoms with van der Waals surface area (Å²) in [6.45, 7) is -2.05. The predicted molar refractivity (Wildman–Crippen MR) is 131 cm³/mol. The Labute approximate surface area is 209 Å². The van der Waals surface area contributed by atoms with Crippen molar-refractivity contribution in [3.8, 4) is 11.5 Å². The number of nitrogens with zero attached hydrogens (tertiary/aromatic N) is 2. The van der Waals surface area contributed by atoms with Gasteiger partial charge in [-0.3, -0.25) is 4.99 Å². The number of fused-ring (bicyclic) bond motifs is 3. The van der Waals surface area contributed by atoms with E-state index in [1.54, 1.807) is 30.3 Å². The van der Waals surface area contributed by atoms with Crippen LogP contribution >= 0.6 is 0 Å². The molecule has 2 aromatic carbocycles. The summed E-state index contributed by atoms with van der Waals surface area (Å²) < 4.78 is 64.6. The number of ether oxygens (including phenoxy) is 2. The van der Waals surface area contributed by atoms with Crippen molar-refractivity contribution >= 4 is 15.7 Å². The van der Waals surface area contributed by atoms with Gasteiger partial charge in [-0.1, -0.05) is 18.6 Å². The van der Waals surface area contributed by atoms with Gasteiger partial charge in [-0.05, 0) is 61.9 Å². The molecule has 5 rings (SSSR count). The maximum absolute atomic E-state index is 13.3. The van der Waals surface area contributed by atoms with Crippen molar-refractivity contribution in [2.24, 2.45) is 4.99 Å². The third-order valence-electron chi connectivity index (χ3n) is 7.35. The lowest BCUT2D eigenvalue weighted by molar-refractivity contribution is -0.0512. The minimum absolute atomic E-state index is 0.109. The molecule has 1 aliphatic carbocycles. The topological polar surface area (TPSA) is 88.4 Å². The molecule has 36 heavy (non-hydrogen) atoms. The molecule has 3 aliphatic rings. The number of aliphatic hydroxyl groups is 1. The fraction of sp³-hybridized carbons (Fsp3) is 0.500. The Morgan fingerprint density at radius 1 is 1.08 bits per heavy atom. The molecule has 0 spiro atoms. The molecule has 1 saturated heterocycles. The molecule has 1 saturated carbocycles. The highest BCUT2D eigenvalue weighted by molar-refractivity contribution is 7.89. The molecule has 194 valence electrons. The van der Waals surface area contributed by atoms with Gasteiger partial charge in [-0.15, -0.1) is 0 Å². The molecule has 1 N–H and O–H groups in total. The van der Waals surface area contributed by atoms with Crippen molar-refractivity contribution in [1.82, 2.24) is 4.31 Å². The van der Waals surface area contributed by atoms with Gasteiger partial charge in [0.1, 0.15) is 0 Å². The number of rotatable bonds is 6. The summed E-state index contributed by atoms with van der Waals surface area (Å²) in [4.78, 5) is 5.16. The SMILES string of the molecule is COc1cc2c(cc1OC(F)F)C(c1cccc(S(=O)(=O)N3CCCCC3)c1)=NC1CCC(O)CC21. The van der Waals surface area contributed by atoms with Crippen molar-refractivity contribution in [1.29, 1.82) is 0 Å². The maximum atomic E-state index is 13.3. The molecular formula is C26H30F2N2O5S. The van der Waals surface area contributed by atoms with Gasteiger partial charge in [0, 0.05) is 30.1 Å². The Balaban J connectivity index is 1.61. The highest BCUT2D eigenvalue weighted by Gasteiger charge is 2.38. The van der Waals surface area contributed by atoms with E-state index in [4.69, 9.17) is 14.5 Å². The van der Waals surface area contributed by atoms with Crippen LogP contribution < -0.4 is 9.47 Å². The molecule has 2 fully saturated rings.